The minimum Gasteiger partial charge on any atom is -0.497 e. The van der Waals surface area contributed by atoms with Crippen molar-refractivity contribution >= 4 is 5.91 Å². The van der Waals surface area contributed by atoms with Crippen molar-refractivity contribution < 1.29 is 14.3 Å². The fourth-order valence-corrected chi connectivity index (χ4v) is 3.61. The topological polar surface area (TPSA) is 50.8 Å². The van der Waals surface area contributed by atoms with Gasteiger partial charge in [0, 0.05) is 6.54 Å². The van der Waals surface area contributed by atoms with E-state index in [1.165, 1.54) is 18.4 Å². The van der Waals surface area contributed by atoms with Gasteiger partial charge in [-0.1, -0.05) is 31.2 Å². The van der Waals surface area contributed by atoms with Crippen LogP contribution in [0.15, 0.2) is 48.5 Å². The Kier molecular flexibility index (Phi) is 7.31. The maximum Gasteiger partial charge on any atom is 0.255 e. The Balaban J connectivity index is 1.72. The van der Waals surface area contributed by atoms with Crippen LogP contribution >= 0.6 is 0 Å². The van der Waals surface area contributed by atoms with Crippen LogP contribution in [-0.2, 0) is 0 Å². The molecule has 1 N–H and O–H groups in total. The van der Waals surface area contributed by atoms with Crippen molar-refractivity contribution in [2.24, 2.45) is 0 Å². The zero-order valence-corrected chi connectivity index (χ0v) is 16.8. The molecule has 1 saturated heterocycles. The molecular formula is C23H30N2O3. The van der Waals surface area contributed by atoms with Crippen LogP contribution in [-0.4, -0.2) is 44.2 Å². The van der Waals surface area contributed by atoms with Gasteiger partial charge in [-0.25, -0.2) is 0 Å². The first-order valence-electron chi connectivity index (χ1n) is 10.1. The molecule has 0 aliphatic carbocycles. The molecule has 0 unspecified atom stereocenters. The summed E-state index contributed by atoms with van der Waals surface area (Å²) in [4.78, 5) is 15.3. The van der Waals surface area contributed by atoms with Crippen molar-refractivity contribution in [1.29, 1.82) is 0 Å². The fourth-order valence-electron chi connectivity index (χ4n) is 3.61. The number of carbonyl (C=O) groups is 1. The number of benzene rings is 2. The summed E-state index contributed by atoms with van der Waals surface area (Å²) in [5.41, 5.74) is 1.78. The van der Waals surface area contributed by atoms with Crippen molar-refractivity contribution in [3.8, 4) is 11.5 Å². The van der Waals surface area contributed by atoms with Crippen molar-refractivity contribution in [2.75, 3.05) is 33.4 Å². The number of carbonyl (C=O) groups excluding carboxylic acids is 1. The Morgan fingerprint density at radius 1 is 1.11 bits per heavy atom. The molecule has 0 spiro atoms. The summed E-state index contributed by atoms with van der Waals surface area (Å²) in [6, 6.07) is 15.7. The van der Waals surface area contributed by atoms with Gasteiger partial charge in [-0.3, -0.25) is 9.69 Å². The highest BCUT2D eigenvalue weighted by atomic mass is 16.5. The maximum absolute atomic E-state index is 12.9. The Hall–Kier alpha value is -2.53. The molecule has 0 radical (unpaired) electrons. The predicted octanol–water partition coefficient (Wildman–Crippen LogP) is 4.05. The van der Waals surface area contributed by atoms with Crippen LogP contribution in [0.2, 0.25) is 0 Å². The lowest BCUT2D eigenvalue weighted by atomic mass is 10.0. The van der Waals surface area contributed by atoms with Crippen molar-refractivity contribution in [3.63, 3.8) is 0 Å². The quantitative estimate of drug-likeness (QED) is 0.711. The third-order valence-electron chi connectivity index (χ3n) is 5.13. The van der Waals surface area contributed by atoms with E-state index in [0.717, 1.165) is 25.3 Å². The normalized spacial score (nSPS) is 15.2. The van der Waals surface area contributed by atoms with Gasteiger partial charge in [0.2, 0.25) is 0 Å². The van der Waals surface area contributed by atoms with E-state index in [4.69, 9.17) is 9.47 Å². The summed E-state index contributed by atoms with van der Waals surface area (Å²) in [6.45, 7) is 5.34. The fraction of sp³-hybridized carbons (Fsp3) is 0.435. The Labute approximate surface area is 167 Å². The number of rotatable bonds is 9. The minimum atomic E-state index is -0.0931. The van der Waals surface area contributed by atoms with E-state index < -0.39 is 0 Å². The summed E-state index contributed by atoms with van der Waals surface area (Å²) in [5.74, 6) is 1.39. The summed E-state index contributed by atoms with van der Waals surface area (Å²) >= 11 is 0. The van der Waals surface area contributed by atoms with E-state index in [-0.39, 0.29) is 11.9 Å². The molecule has 28 heavy (non-hydrogen) atoms. The van der Waals surface area contributed by atoms with Crippen LogP contribution in [0.25, 0.3) is 0 Å². The molecule has 0 bridgehead atoms. The number of nitrogens with one attached hydrogen (secondary N) is 1. The van der Waals surface area contributed by atoms with Crippen molar-refractivity contribution in [2.45, 2.75) is 32.2 Å². The highest BCUT2D eigenvalue weighted by molar-refractivity contribution is 5.96. The standard InChI is InChI=1S/C23H30N2O3/c1-3-16-28-22-9-5-4-8-20(22)23(26)24-17-21(25-14-6-7-15-25)18-10-12-19(27-2)13-11-18/h4-5,8-13,21H,3,6-7,14-17H2,1-2H3,(H,24,26)/t21-/m0/s1. The monoisotopic (exact) mass is 382 g/mol. The molecule has 1 amide bonds. The lowest BCUT2D eigenvalue weighted by Gasteiger charge is -2.28. The summed E-state index contributed by atoms with van der Waals surface area (Å²) in [5, 5.41) is 3.13. The van der Waals surface area contributed by atoms with Gasteiger partial charge in [-0.15, -0.1) is 0 Å². The van der Waals surface area contributed by atoms with E-state index >= 15 is 0 Å². The number of para-hydroxylation sites is 1. The first-order chi connectivity index (χ1) is 13.7. The number of nitrogens with zero attached hydrogens (tertiary/aromatic N) is 1. The maximum atomic E-state index is 12.9. The van der Waals surface area contributed by atoms with Gasteiger partial charge in [-0.05, 0) is 62.2 Å². The SMILES string of the molecule is CCCOc1ccccc1C(=O)NC[C@@H](c1ccc(OC)cc1)N1CCCC1. The Bertz CT molecular complexity index is 755. The Morgan fingerprint density at radius 3 is 2.50 bits per heavy atom. The zero-order valence-electron chi connectivity index (χ0n) is 16.8. The third-order valence-corrected chi connectivity index (χ3v) is 5.13. The second-order valence-electron chi connectivity index (χ2n) is 7.09. The van der Waals surface area contributed by atoms with E-state index in [0.29, 0.717) is 24.5 Å². The summed E-state index contributed by atoms with van der Waals surface area (Å²) in [7, 11) is 1.67. The molecule has 3 rings (SSSR count). The molecular weight excluding hydrogens is 352 g/mol. The van der Waals surface area contributed by atoms with Crippen molar-refractivity contribution in [1.82, 2.24) is 10.2 Å². The molecule has 5 heteroatoms. The van der Waals surface area contributed by atoms with Gasteiger partial charge in [0.05, 0.1) is 25.3 Å². The van der Waals surface area contributed by atoms with Gasteiger partial charge >= 0.3 is 0 Å². The first-order valence-corrected chi connectivity index (χ1v) is 10.1. The van der Waals surface area contributed by atoms with Crippen molar-refractivity contribution in [3.05, 3.63) is 59.7 Å². The molecule has 1 atom stereocenters. The van der Waals surface area contributed by atoms with Crippen LogP contribution < -0.4 is 14.8 Å². The largest absolute Gasteiger partial charge is 0.497 e. The second-order valence-corrected chi connectivity index (χ2v) is 7.09. The predicted molar refractivity (Wildman–Crippen MR) is 111 cm³/mol. The molecule has 150 valence electrons. The smallest absolute Gasteiger partial charge is 0.255 e. The third kappa shape index (κ3) is 5.04. The summed E-state index contributed by atoms with van der Waals surface area (Å²) in [6.07, 6.45) is 3.31. The van der Waals surface area contributed by atoms with E-state index in [2.05, 4.69) is 29.3 Å². The number of hydrogen-bond donors (Lipinski definition) is 1. The molecule has 2 aromatic carbocycles. The van der Waals surface area contributed by atoms with Gasteiger partial charge in [-0.2, -0.15) is 0 Å². The first kappa shape index (κ1) is 20.2. The van der Waals surface area contributed by atoms with Gasteiger partial charge < -0.3 is 14.8 Å². The number of likely N-dealkylation sites (tertiary alicyclic amines) is 1. The number of hydrogen-bond acceptors (Lipinski definition) is 4. The second kappa shape index (κ2) is 10.1. The average Bonchev–Trinajstić information content (AvgIpc) is 3.27. The summed E-state index contributed by atoms with van der Waals surface area (Å²) < 4.78 is 11.0. The van der Waals surface area contributed by atoms with Crippen LogP contribution in [0.5, 0.6) is 11.5 Å². The number of amides is 1. The molecule has 0 aromatic heterocycles. The van der Waals surface area contributed by atoms with Gasteiger partial charge in [0.25, 0.3) is 5.91 Å². The lowest BCUT2D eigenvalue weighted by Crippen LogP contribution is -2.37. The molecule has 1 aliphatic rings. The van der Waals surface area contributed by atoms with Gasteiger partial charge in [0.1, 0.15) is 11.5 Å². The highest BCUT2D eigenvalue weighted by Crippen LogP contribution is 2.26. The van der Waals surface area contributed by atoms with Crippen LogP contribution in [0.1, 0.15) is 48.1 Å². The molecule has 1 aliphatic heterocycles. The lowest BCUT2D eigenvalue weighted by molar-refractivity contribution is 0.0934. The van der Waals surface area contributed by atoms with Crippen LogP contribution in [0, 0.1) is 0 Å². The van der Waals surface area contributed by atoms with E-state index in [1.54, 1.807) is 7.11 Å². The Morgan fingerprint density at radius 2 is 1.82 bits per heavy atom. The minimum absolute atomic E-state index is 0.0931. The molecule has 5 nitrogen and oxygen atoms in total. The van der Waals surface area contributed by atoms with Crippen LogP contribution in [0.4, 0.5) is 0 Å². The molecule has 0 saturated carbocycles. The van der Waals surface area contributed by atoms with E-state index in [1.807, 2.05) is 36.4 Å². The number of ether oxygens (including phenoxy) is 2. The number of methoxy groups -OCH3 is 1. The zero-order chi connectivity index (χ0) is 19.8. The molecule has 1 fully saturated rings. The van der Waals surface area contributed by atoms with Gasteiger partial charge in [0.15, 0.2) is 0 Å². The highest BCUT2D eigenvalue weighted by Gasteiger charge is 2.24. The molecule has 2 aromatic rings. The van der Waals surface area contributed by atoms with Crippen LogP contribution in [0.3, 0.4) is 0 Å². The molecule has 1 heterocycles. The average molecular weight is 383 g/mol. The van der Waals surface area contributed by atoms with E-state index in [9.17, 15) is 4.79 Å².